The van der Waals surface area contributed by atoms with Crippen LogP contribution >= 0.6 is 0 Å². The molecule has 0 amide bonds. The molecule has 2 heterocycles. The number of aldehydes is 1. The molecule has 2 aromatic heterocycles. The van der Waals surface area contributed by atoms with Crippen LogP contribution in [-0.4, -0.2) is 20.8 Å². The van der Waals surface area contributed by atoms with Crippen molar-refractivity contribution in [3.8, 4) is 5.82 Å². The molecule has 0 aromatic carbocycles. The summed E-state index contributed by atoms with van der Waals surface area (Å²) in [4.78, 5) is 18.9. The van der Waals surface area contributed by atoms with Crippen molar-refractivity contribution < 1.29 is 4.79 Å². The first kappa shape index (κ1) is 9.58. The van der Waals surface area contributed by atoms with Crippen LogP contribution in [0.2, 0.25) is 0 Å². The van der Waals surface area contributed by atoms with Crippen LogP contribution in [0.1, 0.15) is 21.9 Å². The first-order chi connectivity index (χ1) is 7.20. The zero-order valence-corrected chi connectivity index (χ0v) is 8.64. The van der Waals surface area contributed by atoms with Gasteiger partial charge in [-0.15, -0.1) is 0 Å². The van der Waals surface area contributed by atoms with Crippen LogP contribution in [0.4, 0.5) is 0 Å². The molecule has 0 bridgehead atoms. The third kappa shape index (κ3) is 1.79. The van der Waals surface area contributed by atoms with Gasteiger partial charge in [-0.3, -0.25) is 9.36 Å². The lowest BCUT2D eigenvalue weighted by atomic mass is 10.3. The zero-order chi connectivity index (χ0) is 10.8. The standard InChI is InChI=1S/C11H11N3O/c1-8-6-14(9(2)13-8)11-4-3-10(7-15)5-12-11/h3-7H,1-2H3. The molecule has 76 valence electrons. The molecular weight excluding hydrogens is 190 g/mol. The van der Waals surface area contributed by atoms with Crippen LogP contribution in [0.3, 0.4) is 0 Å². The molecular formula is C11H11N3O. The number of rotatable bonds is 2. The Kier molecular flexibility index (Phi) is 2.33. The summed E-state index contributed by atoms with van der Waals surface area (Å²) in [6, 6.07) is 3.54. The second-order valence-corrected chi connectivity index (χ2v) is 3.37. The average Bonchev–Trinajstić information content (AvgIpc) is 2.58. The first-order valence-electron chi connectivity index (χ1n) is 4.65. The summed E-state index contributed by atoms with van der Waals surface area (Å²) < 4.78 is 1.89. The summed E-state index contributed by atoms with van der Waals surface area (Å²) in [7, 11) is 0. The summed E-state index contributed by atoms with van der Waals surface area (Å²) in [6.45, 7) is 3.85. The van der Waals surface area contributed by atoms with E-state index in [0.717, 1.165) is 23.6 Å². The van der Waals surface area contributed by atoms with E-state index in [-0.39, 0.29) is 0 Å². The maximum atomic E-state index is 10.5. The Balaban J connectivity index is 2.45. The topological polar surface area (TPSA) is 47.8 Å². The Morgan fingerprint density at radius 1 is 1.33 bits per heavy atom. The molecule has 0 saturated carbocycles. The van der Waals surface area contributed by atoms with Crippen molar-refractivity contribution in [2.45, 2.75) is 13.8 Å². The van der Waals surface area contributed by atoms with Crippen molar-refractivity contribution in [1.82, 2.24) is 14.5 Å². The number of hydrogen-bond acceptors (Lipinski definition) is 3. The van der Waals surface area contributed by atoms with Gasteiger partial charge in [0.25, 0.3) is 0 Å². The van der Waals surface area contributed by atoms with Crippen LogP contribution in [0.25, 0.3) is 5.82 Å². The largest absolute Gasteiger partial charge is 0.298 e. The van der Waals surface area contributed by atoms with Gasteiger partial charge in [-0.2, -0.15) is 0 Å². The zero-order valence-electron chi connectivity index (χ0n) is 8.64. The van der Waals surface area contributed by atoms with E-state index in [1.807, 2.05) is 24.6 Å². The molecule has 0 saturated heterocycles. The average molecular weight is 201 g/mol. The third-order valence-corrected chi connectivity index (χ3v) is 2.16. The Labute approximate surface area is 87.6 Å². The summed E-state index contributed by atoms with van der Waals surface area (Å²) in [5, 5.41) is 0. The summed E-state index contributed by atoms with van der Waals surface area (Å²) in [5.74, 6) is 1.66. The van der Waals surface area contributed by atoms with Crippen LogP contribution in [0, 0.1) is 13.8 Å². The number of aryl methyl sites for hydroxylation is 2. The molecule has 0 aliphatic heterocycles. The van der Waals surface area contributed by atoms with Gasteiger partial charge in [0, 0.05) is 18.0 Å². The molecule has 0 spiro atoms. The number of aromatic nitrogens is 3. The quantitative estimate of drug-likeness (QED) is 0.695. The maximum Gasteiger partial charge on any atom is 0.151 e. The lowest BCUT2D eigenvalue weighted by Crippen LogP contribution is -1.98. The lowest BCUT2D eigenvalue weighted by Gasteiger charge is -2.02. The smallest absolute Gasteiger partial charge is 0.151 e. The van der Waals surface area contributed by atoms with E-state index in [1.165, 1.54) is 0 Å². The van der Waals surface area contributed by atoms with Crippen molar-refractivity contribution in [2.75, 3.05) is 0 Å². The minimum atomic E-state index is 0.577. The molecule has 4 heteroatoms. The Bertz CT molecular complexity index is 485. The van der Waals surface area contributed by atoms with E-state index in [0.29, 0.717) is 5.56 Å². The Morgan fingerprint density at radius 2 is 2.13 bits per heavy atom. The maximum absolute atomic E-state index is 10.5. The Hall–Kier alpha value is -1.97. The fourth-order valence-corrected chi connectivity index (χ4v) is 1.46. The normalized spacial score (nSPS) is 10.3. The van der Waals surface area contributed by atoms with E-state index >= 15 is 0 Å². The van der Waals surface area contributed by atoms with Gasteiger partial charge in [-0.05, 0) is 26.0 Å². The number of hydrogen-bond donors (Lipinski definition) is 0. The molecule has 0 fully saturated rings. The number of imidazole rings is 1. The monoisotopic (exact) mass is 201 g/mol. The van der Waals surface area contributed by atoms with E-state index in [2.05, 4.69) is 9.97 Å². The molecule has 2 rings (SSSR count). The van der Waals surface area contributed by atoms with Crippen molar-refractivity contribution in [2.24, 2.45) is 0 Å². The van der Waals surface area contributed by atoms with Crippen molar-refractivity contribution in [3.63, 3.8) is 0 Å². The van der Waals surface area contributed by atoms with Gasteiger partial charge < -0.3 is 0 Å². The van der Waals surface area contributed by atoms with Gasteiger partial charge in [-0.25, -0.2) is 9.97 Å². The van der Waals surface area contributed by atoms with E-state index in [4.69, 9.17) is 0 Å². The highest BCUT2D eigenvalue weighted by atomic mass is 16.1. The van der Waals surface area contributed by atoms with Crippen molar-refractivity contribution >= 4 is 6.29 Å². The number of carbonyl (C=O) groups is 1. The highest BCUT2D eigenvalue weighted by molar-refractivity contribution is 5.74. The van der Waals surface area contributed by atoms with Crippen LogP contribution in [0.5, 0.6) is 0 Å². The van der Waals surface area contributed by atoms with E-state index < -0.39 is 0 Å². The van der Waals surface area contributed by atoms with Crippen molar-refractivity contribution in [3.05, 3.63) is 41.6 Å². The molecule has 0 unspecified atom stereocenters. The minimum Gasteiger partial charge on any atom is -0.298 e. The first-order valence-corrected chi connectivity index (χ1v) is 4.65. The number of nitrogens with zero attached hydrogens (tertiary/aromatic N) is 3. The van der Waals surface area contributed by atoms with Gasteiger partial charge in [0.2, 0.25) is 0 Å². The van der Waals surface area contributed by atoms with E-state index in [1.54, 1.807) is 18.3 Å². The van der Waals surface area contributed by atoms with Gasteiger partial charge in [0.1, 0.15) is 11.6 Å². The predicted molar refractivity (Wildman–Crippen MR) is 56.2 cm³/mol. The molecule has 0 atom stereocenters. The lowest BCUT2D eigenvalue weighted by molar-refractivity contribution is 0.112. The van der Waals surface area contributed by atoms with Gasteiger partial charge in [-0.1, -0.05) is 0 Å². The van der Waals surface area contributed by atoms with E-state index in [9.17, 15) is 4.79 Å². The minimum absolute atomic E-state index is 0.577. The number of carbonyl (C=O) groups excluding carboxylic acids is 1. The van der Waals surface area contributed by atoms with Gasteiger partial charge in [0.05, 0.1) is 5.69 Å². The fraction of sp³-hybridized carbons (Fsp3) is 0.182. The molecule has 4 nitrogen and oxygen atoms in total. The number of pyridine rings is 1. The van der Waals surface area contributed by atoms with Gasteiger partial charge >= 0.3 is 0 Å². The second kappa shape index (κ2) is 3.65. The van der Waals surface area contributed by atoms with Crippen molar-refractivity contribution in [1.29, 1.82) is 0 Å². The molecule has 0 aliphatic rings. The highest BCUT2D eigenvalue weighted by Gasteiger charge is 2.03. The molecule has 0 radical (unpaired) electrons. The van der Waals surface area contributed by atoms with Crippen LogP contribution < -0.4 is 0 Å². The second-order valence-electron chi connectivity index (χ2n) is 3.37. The highest BCUT2D eigenvalue weighted by Crippen LogP contribution is 2.09. The molecule has 0 aliphatic carbocycles. The van der Waals surface area contributed by atoms with Crippen LogP contribution in [-0.2, 0) is 0 Å². The SMILES string of the molecule is Cc1cn(-c2ccc(C=O)cn2)c(C)n1. The Morgan fingerprint density at radius 3 is 2.60 bits per heavy atom. The molecule has 0 N–H and O–H groups in total. The fourth-order valence-electron chi connectivity index (χ4n) is 1.46. The summed E-state index contributed by atoms with van der Waals surface area (Å²) in [5.41, 5.74) is 1.53. The third-order valence-electron chi connectivity index (χ3n) is 2.16. The molecule has 15 heavy (non-hydrogen) atoms. The van der Waals surface area contributed by atoms with Gasteiger partial charge in [0.15, 0.2) is 6.29 Å². The predicted octanol–water partition coefficient (Wildman–Crippen LogP) is 1.70. The van der Waals surface area contributed by atoms with Crippen LogP contribution in [0.15, 0.2) is 24.5 Å². The summed E-state index contributed by atoms with van der Waals surface area (Å²) in [6.07, 6.45) is 4.25. The molecule has 2 aromatic rings. The summed E-state index contributed by atoms with van der Waals surface area (Å²) >= 11 is 0.